The zero-order chi connectivity index (χ0) is 24.4. The predicted molar refractivity (Wildman–Crippen MR) is 132 cm³/mol. The summed E-state index contributed by atoms with van der Waals surface area (Å²) in [6.07, 6.45) is 2.31. The number of rotatable bonds is 8. The van der Waals surface area contributed by atoms with Gasteiger partial charge in [0.1, 0.15) is 12.4 Å². The smallest absolute Gasteiger partial charge is 0.247 e. The Bertz CT molecular complexity index is 1370. The topological polar surface area (TPSA) is 113 Å². The van der Waals surface area contributed by atoms with E-state index in [1.807, 2.05) is 61.5 Å². The number of aromatic nitrogens is 2. The molecule has 0 saturated heterocycles. The Kier molecular flexibility index (Phi) is 6.19. The van der Waals surface area contributed by atoms with Crippen LogP contribution in [-0.4, -0.2) is 27.0 Å². The second kappa shape index (κ2) is 9.44. The van der Waals surface area contributed by atoms with E-state index in [0.29, 0.717) is 30.3 Å². The zero-order valence-corrected chi connectivity index (χ0v) is 19.8. The maximum Gasteiger partial charge on any atom is 0.247 e. The van der Waals surface area contributed by atoms with E-state index >= 15 is 0 Å². The number of para-hydroxylation sites is 1. The molecule has 2 atom stereocenters. The first kappa shape index (κ1) is 22.9. The maximum atomic E-state index is 13.1. The molecule has 9 heteroatoms. The molecule has 2 unspecified atom stereocenters. The van der Waals surface area contributed by atoms with Gasteiger partial charge in [-0.15, -0.1) is 11.3 Å². The van der Waals surface area contributed by atoms with E-state index in [1.165, 1.54) is 11.3 Å². The molecule has 1 fully saturated rings. The number of fused-ring (bicyclic) bond motifs is 1. The molecule has 2 aromatic carbocycles. The molecule has 0 aliphatic heterocycles. The molecular formula is C26H24N4O4S. The van der Waals surface area contributed by atoms with E-state index in [9.17, 15) is 9.59 Å². The molecule has 2 heterocycles. The van der Waals surface area contributed by atoms with E-state index in [-0.39, 0.29) is 5.91 Å². The van der Waals surface area contributed by atoms with Gasteiger partial charge in [0.05, 0.1) is 16.8 Å². The standard InChI is InChI=1S/C26H24N4O4S/c1-16-12-18(20-4-2-3-5-22(20)28-16)15-34-19-8-6-17(7-9-19)13-26(14-21(26)23(31)30-33)24(32)29-25-27-10-11-35-25/h2-12,21,33H,13-15H2,1H3,(H,30,31)(H,27,29,32). The van der Waals surface area contributed by atoms with E-state index in [2.05, 4.69) is 15.3 Å². The average Bonchev–Trinajstić information content (AvgIpc) is 3.37. The van der Waals surface area contributed by atoms with Crippen molar-refractivity contribution >= 4 is 39.2 Å². The molecule has 1 saturated carbocycles. The molecule has 35 heavy (non-hydrogen) atoms. The van der Waals surface area contributed by atoms with Crippen LogP contribution in [0.2, 0.25) is 0 Å². The summed E-state index contributed by atoms with van der Waals surface area (Å²) < 4.78 is 6.04. The second-order valence-corrected chi connectivity index (χ2v) is 9.62. The lowest BCUT2D eigenvalue weighted by Gasteiger charge is -2.17. The number of hydroxylamine groups is 1. The monoisotopic (exact) mass is 488 g/mol. The van der Waals surface area contributed by atoms with Gasteiger partial charge in [0.15, 0.2) is 5.13 Å². The molecular weight excluding hydrogens is 464 g/mol. The van der Waals surface area contributed by atoms with Crippen molar-refractivity contribution in [3.05, 3.63) is 83.0 Å². The van der Waals surface area contributed by atoms with Gasteiger partial charge in [-0.2, -0.15) is 0 Å². The van der Waals surface area contributed by atoms with Crippen molar-refractivity contribution in [2.75, 3.05) is 5.32 Å². The highest BCUT2D eigenvalue weighted by Gasteiger charge is 2.63. The quantitative estimate of drug-likeness (QED) is 0.252. The van der Waals surface area contributed by atoms with Crippen LogP contribution in [0.25, 0.3) is 10.9 Å². The van der Waals surface area contributed by atoms with Crippen molar-refractivity contribution in [2.24, 2.45) is 11.3 Å². The third kappa shape index (κ3) is 4.73. The van der Waals surface area contributed by atoms with Crippen LogP contribution >= 0.6 is 11.3 Å². The molecule has 0 bridgehead atoms. The van der Waals surface area contributed by atoms with Crippen LogP contribution in [0.1, 0.15) is 23.2 Å². The van der Waals surface area contributed by atoms with Gasteiger partial charge in [0.25, 0.3) is 0 Å². The van der Waals surface area contributed by atoms with Crippen LogP contribution < -0.4 is 15.5 Å². The van der Waals surface area contributed by atoms with Crippen molar-refractivity contribution in [1.29, 1.82) is 0 Å². The van der Waals surface area contributed by atoms with Crippen LogP contribution in [0.4, 0.5) is 5.13 Å². The van der Waals surface area contributed by atoms with Gasteiger partial charge in [-0.1, -0.05) is 30.3 Å². The highest BCUT2D eigenvalue weighted by atomic mass is 32.1. The van der Waals surface area contributed by atoms with Crippen LogP contribution in [0.5, 0.6) is 5.75 Å². The van der Waals surface area contributed by atoms with Crippen LogP contribution in [0, 0.1) is 18.3 Å². The van der Waals surface area contributed by atoms with Gasteiger partial charge in [-0.25, -0.2) is 10.5 Å². The molecule has 1 aliphatic rings. The SMILES string of the molecule is Cc1cc(COc2ccc(CC3(C(=O)Nc4nccs4)CC3C(=O)NO)cc2)c2ccccc2n1. The summed E-state index contributed by atoms with van der Waals surface area (Å²) in [7, 11) is 0. The van der Waals surface area contributed by atoms with Gasteiger partial charge in [-0.3, -0.25) is 19.8 Å². The van der Waals surface area contributed by atoms with Crippen molar-refractivity contribution in [3.8, 4) is 5.75 Å². The number of nitrogens with zero attached hydrogens (tertiary/aromatic N) is 2. The van der Waals surface area contributed by atoms with Crippen LogP contribution in [0.3, 0.4) is 0 Å². The number of pyridine rings is 1. The van der Waals surface area contributed by atoms with Crippen molar-refractivity contribution in [3.63, 3.8) is 0 Å². The number of amides is 2. The summed E-state index contributed by atoms with van der Waals surface area (Å²) in [5.41, 5.74) is 4.57. The molecule has 0 spiro atoms. The number of anilines is 1. The van der Waals surface area contributed by atoms with Gasteiger partial charge in [0.2, 0.25) is 11.8 Å². The molecule has 0 radical (unpaired) electrons. The minimum Gasteiger partial charge on any atom is -0.489 e. The van der Waals surface area contributed by atoms with Crippen LogP contribution in [0.15, 0.2) is 66.2 Å². The summed E-state index contributed by atoms with van der Waals surface area (Å²) in [5.74, 6) is -0.735. The minimum atomic E-state index is -0.936. The number of benzene rings is 2. The maximum absolute atomic E-state index is 13.1. The van der Waals surface area contributed by atoms with Gasteiger partial charge >= 0.3 is 0 Å². The first-order chi connectivity index (χ1) is 17.0. The molecule has 8 nitrogen and oxygen atoms in total. The number of carbonyl (C=O) groups is 2. The summed E-state index contributed by atoms with van der Waals surface area (Å²) in [6.45, 7) is 2.37. The van der Waals surface area contributed by atoms with E-state index < -0.39 is 17.2 Å². The lowest BCUT2D eigenvalue weighted by atomic mass is 9.92. The minimum absolute atomic E-state index is 0.277. The average molecular weight is 489 g/mol. The highest BCUT2D eigenvalue weighted by Crippen LogP contribution is 2.55. The van der Waals surface area contributed by atoms with Crippen molar-refractivity contribution < 1.29 is 19.5 Å². The number of hydrogen-bond donors (Lipinski definition) is 3. The Hall–Kier alpha value is -3.82. The Morgan fingerprint density at radius 2 is 2.00 bits per heavy atom. The number of nitrogens with one attached hydrogen (secondary N) is 2. The van der Waals surface area contributed by atoms with Gasteiger partial charge in [-0.05, 0) is 49.6 Å². The molecule has 2 aromatic heterocycles. The fourth-order valence-electron chi connectivity index (χ4n) is 4.50. The summed E-state index contributed by atoms with van der Waals surface area (Å²) in [6, 6.07) is 17.5. The van der Waals surface area contributed by atoms with E-state index in [1.54, 1.807) is 17.1 Å². The largest absolute Gasteiger partial charge is 0.489 e. The molecule has 2 amide bonds. The fraction of sp³-hybridized carbons (Fsp3) is 0.231. The predicted octanol–water partition coefficient (Wildman–Crippen LogP) is 4.27. The zero-order valence-electron chi connectivity index (χ0n) is 19.0. The van der Waals surface area contributed by atoms with Crippen molar-refractivity contribution in [2.45, 2.75) is 26.4 Å². The Morgan fingerprint density at radius 3 is 2.74 bits per heavy atom. The van der Waals surface area contributed by atoms with Crippen molar-refractivity contribution in [1.82, 2.24) is 15.4 Å². The Morgan fingerprint density at radius 1 is 1.20 bits per heavy atom. The molecule has 178 valence electrons. The molecule has 1 aliphatic carbocycles. The van der Waals surface area contributed by atoms with Crippen LogP contribution in [-0.2, 0) is 22.6 Å². The fourth-order valence-corrected chi connectivity index (χ4v) is 5.03. The Labute approximate surface area is 206 Å². The number of carbonyl (C=O) groups excluding carboxylic acids is 2. The summed E-state index contributed by atoms with van der Waals surface area (Å²) >= 11 is 1.31. The summed E-state index contributed by atoms with van der Waals surface area (Å²) in [4.78, 5) is 33.8. The number of ether oxygens (including phenoxy) is 1. The lowest BCUT2D eigenvalue weighted by Crippen LogP contribution is -2.33. The second-order valence-electron chi connectivity index (χ2n) is 8.73. The molecule has 4 aromatic rings. The number of hydrogen-bond acceptors (Lipinski definition) is 7. The molecule has 3 N–H and O–H groups in total. The number of aryl methyl sites for hydroxylation is 1. The molecule has 5 rings (SSSR count). The van der Waals surface area contributed by atoms with E-state index in [0.717, 1.165) is 27.7 Å². The normalized spacial score (nSPS) is 18.7. The highest BCUT2D eigenvalue weighted by molar-refractivity contribution is 7.13. The summed E-state index contributed by atoms with van der Waals surface area (Å²) in [5, 5.41) is 15.2. The number of thiazole rings is 1. The first-order valence-corrected chi connectivity index (χ1v) is 12.1. The first-order valence-electron chi connectivity index (χ1n) is 11.2. The van der Waals surface area contributed by atoms with Gasteiger partial charge in [0, 0.05) is 28.2 Å². The van der Waals surface area contributed by atoms with Gasteiger partial charge < -0.3 is 10.1 Å². The third-order valence-corrected chi connectivity index (χ3v) is 7.06. The van der Waals surface area contributed by atoms with E-state index in [4.69, 9.17) is 9.94 Å². The lowest BCUT2D eigenvalue weighted by molar-refractivity contribution is -0.133. The Balaban J connectivity index is 1.29. The third-order valence-electron chi connectivity index (χ3n) is 6.37.